The highest BCUT2D eigenvalue weighted by Crippen LogP contribution is 2.34. The smallest absolute Gasteiger partial charge is 0.416 e. The van der Waals surface area contributed by atoms with Crippen LogP contribution >= 0.6 is 0 Å². The Kier molecular flexibility index (Phi) is 4.96. The van der Waals surface area contributed by atoms with Crippen molar-refractivity contribution in [1.82, 2.24) is 4.98 Å². The van der Waals surface area contributed by atoms with E-state index in [0.717, 1.165) is 37.8 Å². The molecule has 0 aromatic carbocycles. The Morgan fingerprint density at radius 2 is 2.10 bits per heavy atom. The first kappa shape index (κ1) is 15.9. The molecule has 3 nitrogen and oxygen atoms in total. The summed E-state index contributed by atoms with van der Waals surface area (Å²) < 4.78 is 44.5. The molecule has 1 heterocycles. The van der Waals surface area contributed by atoms with Crippen molar-refractivity contribution in [3.05, 3.63) is 17.7 Å². The molecular weight excluding hydrogens is 281 g/mol. The molecule has 2 unspecified atom stereocenters. The van der Waals surface area contributed by atoms with Gasteiger partial charge in [-0.25, -0.2) is 0 Å². The predicted octanol–water partition coefficient (Wildman–Crippen LogP) is 4.49. The summed E-state index contributed by atoms with van der Waals surface area (Å²) in [6.07, 6.45) is -0.499. The van der Waals surface area contributed by atoms with Crippen LogP contribution in [0.1, 0.15) is 45.1 Å². The van der Waals surface area contributed by atoms with Gasteiger partial charge in [-0.3, -0.25) is 0 Å². The molecule has 1 aliphatic rings. The number of aromatic nitrogens is 1. The van der Waals surface area contributed by atoms with Gasteiger partial charge < -0.3 is 10.1 Å². The summed E-state index contributed by atoms with van der Waals surface area (Å²) in [6, 6.07) is 2.00. The lowest BCUT2D eigenvalue weighted by atomic mass is 9.89. The maximum absolute atomic E-state index is 12.9. The molecule has 2 rings (SSSR count). The van der Waals surface area contributed by atoms with Gasteiger partial charge in [0, 0.05) is 12.6 Å². The maximum Gasteiger partial charge on any atom is 0.416 e. The standard InChI is InChI=1S/C15H21F3N2O/c1-3-19-13-8-11(15(16,17)18)9-14(20-13)21-12-6-4-5-10(2)7-12/h8-10,12H,3-7H2,1-2H3,(H,19,20). The fraction of sp³-hybridized carbons (Fsp3) is 0.667. The van der Waals surface area contributed by atoms with Gasteiger partial charge >= 0.3 is 6.18 Å². The minimum Gasteiger partial charge on any atom is -0.474 e. The number of nitrogens with one attached hydrogen (secondary N) is 1. The van der Waals surface area contributed by atoms with Crippen LogP contribution in [0.5, 0.6) is 5.88 Å². The molecule has 2 atom stereocenters. The van der Waals surface area contributed by atoms with Crippen molar-refractivity contribution in [2.24, 2.45) is 5.92 Å². The zero-order valence-corrected chi connectivity index (χ0v) is 12.3. The molecule has 0 radical (unpaired) electrons. The molecule has 1 saturated carbocycles. The van der Waals surface area contributed by atoms with Gasteiger partial charge in [0.2, 0.25) is 5.88 Å². The molecule has 1 aliphatic carbocycles. The zero-order valence-electron chi connectivity index (χ0n) is 12.3. The van der Waals surface area contributed by atoms with E-state index >= 15 is 0 Å². The van der Waals surface area contributed by atoms with E-state index in [1.165, 1.54) is 0 Å². The fourth-order valence-corrected chi connectivity index (χ4v) is 2.66. The minimum atomic E-state index is -4.40. The topological polar surface area (TPSA) is 34.1 Å². The van der Waals surface area contributed by atoms with E-state index in [4.69, 9.17) is 4.74 Å². The van der Waals surface area contributed by atoms with Crippen LogP contribution in [0.25, 0.3) is 0 Å². The number of ether oxygens (including phenoxy) is 1. The predicted molar refractivity (Wildman–Crippen MR) is 75.5 cm³/mol. The molecular formula is C15H21F3N2O. The van der Waals surface area contributed by atoms with Crippen molar-refractivity contribution in [2.45, 2.75) is 51.8 Å². The molecule has 21 heavy (non-hydrogen) atoms. The average molecular weight is 302 g/mol. The fourth-order valence-electron chi connectivity index (χ4n) is 2.66. The lowest BCUT2D eigenvalue weighted by Gasteiger charge is -2.27. The number of alkyl halides is 3. The molecule has 6 heteroatoms. The van der Waals surface area contributed by atoms with E-state index in [9.17, 15) is 13.2 Å². The van der Waals surface area contributed by atoms with Gasteiger partial charge in [-0.15, -0.1) is 0 Å². The third kappa shape index (κ3) is 4.51. The van der Waals surface area contributed by atoms with Crippen molar-refractivity contribution in [2.75, 3.05) is 11.9 Å². The second-order valence-electron chi connectivity index (χ2n) is 5.62. The van der Waals surface area contributed by atoms with Crippen LogP contribution in [-0.2, 0) is 6.18 Å². The van der Waals surface area contributed by atoms with Crippen LogP contribution in [0, 0.1) is 5.92 Å². The summed E-state index contributed by atoms with van der Waals surface area (Å²) in [5, 5.41) is 2.82. The molecule has 0 amide bonds. The molecule has 1 aromatic rings. The normalized spacial score (nSPS) is 22.9. The summed E-state index contributed by atoms with van der Waals surface area (Å²) in [4.78, 5) is 4.12. The Bertz CT molecular complexity index is 476. The van der Waals surface area contributed by atoms with Gasteiger partial charge in [-0.1, -0.05) is 13.3 Å². The Labute approximate surface area is 122 Å². The summed E-state index contributed by atoms with van der Waals surface area (Å²) in [5.41, 5.74) is -0.729. The Morgan fingerprint density at radius 1 is 1.33 bits per heavy atom. The lowest BCUT2D eigenvalue weighted by molar-refractivity contribution is -0.137. The van der Waals surface area contributed by atoms with Crippen LogP contribution in [0.3, 0.4) is 0 Å². The van der Waals surface area contributed by atoms with Crippen molar-refractivity contribution >= 4 is 5.82 Å². The Morgan fingerprint density at radius 3 is 2.71 bits per heavy atom. The number of nitrogens with zero attached hydrogens (tertiary/aromatic N) is 1. The highest BCUT2D eigenvalue weighted by Gasteiger charge is 2.32. The molecule has 0 aliphatic heterocycles. The van der Waals surface area contributed by atoms with Gasteiger partial charge in [-0.05, 0) is 38.2 Å². The SMILES string of the molecule is CCNc1cc(C(F)(F)F)cc(OC2CCCC(C)C2)n1. The summed E-state index contributed by atoms with van der Waals surface area (Å²) >= 11 is 0. The van der Waals surface area contributed by atoms with Gasteiger partial charge in [-0.2, -0.15) is 18.2 Å². The number of pyridine rings is 1. The third-order valence-corrected chi connectivity index (χ3v) is 3.66. The first-order chi connectivity index (χ1) is 9.88. The van der Waals surface area contributed by atoms with Crippen molar-refractivity contribution < 1.29 is 17.9 Å². The van der Waals surface area contributed by atoms with E-state index in [0.29, 0.717) is 12.5 Å². The van der Waals surface area contributed by atoms with Crippen LogP contribution in [0.4, 0.5) is 19.0 Å². The first-order valence-electron chi connectivity index (χ1n) is 7.38. The third-order valence-electron chi connectivity index (χ3n) is 3.66. The van der Waals surface area contributed by atoms with Crippen LogP contribution < -0.4 is 10.1 Å². The molecule has 0 saturated heterocycles. The maximum atomic E-state index is 12.9. The van der Waals surface area contributed by atoms with Gasteiger partial charge in [0.15, 0.2) is 0 Å². The van der Waals surface area contributed by atoms with E-state index in [2.05, 4.69) is 17.2 Å². The molecule has 1 aromatic heterocycles. The van der Waals surface area contributed by atoms with E-state index in [1.54, 1.807) is 0 Å². The number of hydrogen-bond acceptors (Lipinski definition) is 3. The second kappa shape index (κ2) is 6.54. The van der Waals surface area contributed by atoms with E-state index < -0.39 is 11.7 Å². The van der Waals surface area contributed by atoms with Gasteiger partial charge in [0.25, 0.3) is 0 Å². The second-order valence-corrected chi connectivity index (χ2v) is 5.62. The number of rotatable bonds is 4. The van der Waals surface area contributed by atoms with Crippen LogP contribution in [0.2, 0.25) is 0 Å². The summed E-state index contributed by atoms with van der Waals surface area (Å²) in [6.45, 7) is 4.46. The average Bonchev–Trinajstić information content (AvgIpc) is 2.37. The quantitative estimate of drug-likeness (QED) is 0.890. The van der Waals surface area contributed by atoms with Crippen molar-refractivity contribution in [3.8, 4) is 5.88 Å². The highest BCUT2D eigenvalue weighted by atomic mass is 19.4. The first-order valence-corrected chi connectivity index (χ1v) is 7.38. The Balaban J connectivity index is 2.19. The zero-order chi connectivity index (χ0) is 15.5. The van der Waals surface area contributed by atoms with Crippen LogP contribution in [-0.4, -0.2) is 17.6 Å². The molecule has 1 N–H and O–H groups in total. The summed E-state index contributed by atoms with van der Waals surface area (Å²) in [7, 11) is 0. The number of hydrogen-bond donors (Lipinski definition) is 1. The van der Waals surface area contributed by atoms with Gasteiger partial charge in [0.05, 0.1) is 5.56 Å². The van der Waals surface area contributed by atoms with Crippen molar-refractivity contribution in [3.63, 3.8) is 0 Å². The molecule has 1 fully saturated rings. The molecule has 0 spiro atoms. The molecule has 0 bridgehead atoms. The van der Waals surface area contributed by atoms with E-state index in [-0.39, 0.29) is 17.8 Å². The molecule has 118 valence electrons. The van der Waals surface area contributed by atoms with Crippen molar-refractivity contribution in [1.29, 1.82) is 0 Å². The van der Waals surface area contributed by atoms with E-state index in [1.807, 2.05) is 6.92 Å². The largest absolute Gasteiger partial charge is 0.474 e. The minimum absolute atomic E-state index is 0.0424. The van der Waals surface area contributed by atoms with Crippen LogP contribution in [0.15, 0.2) is 12.1 Å². The summed E-state index contributed by atoms with van der Waals surface area (Å²) in [5.74, 6) is 0.800. The van der Waals surface area contributed by atoms with Gasteiger partial charge in [0.1, 0.15) is 11.9 Å². The number of halogens is 3. The lowest BCUT2D eigenvalue weighted by Crippen LogP contribution is -2.24. The highest BCUT2D eigenvalue weighted by molar-refractivity contribution is 5.42. The Hall–Kier alpha value is -1.46. The number of anilines is 1. The monoisotopic (exact) mass is 302 g/mol.